The van der Waals surface area contributed by atoms with E-state index in [-0.39, 0.29) is 11.4 Å². The van der Waals surface area contributed by atoms with Crippen LogP contribution in [-0.4, -0.2) is 18.6 Å². The van der Waals surface area contributed by atoms with E-state index in [1.807, 2.05) is 6.92 Å². The molecule has 0 spiro atoms. The summed E-state index contributed by atoms with van der Waals surface area (Å²) < 4.78 is 31.2. The van der Waals surface area contributed by atoms with Crippen molar-refractivity contribution in [2.75, 3.05) is 0 Å². The van der Waals surface area contributed by atoms with Crippen molar-refractivity contribution in [2.45, 2.75) is 24.8 Å². The van der Waals surface area contributed by atoms with E-state index >= 15 is 0 Å². The highest BCUT2D eigenvalue weighted by molar-refractivity contribution is 7.89. The molecule has 19 heavy (non-hydrogen) atoms. The van der Waals surface area contributed by atoms with Crippen LogP contribution in [-0.2, 0) is 23.0 Å². The van der Waals surface area contributed by atoms with E-state index in [2.05, 4.69) is 14.9 Å². The molecule has 1 aromatic carbocycles. The second-order valence-electron chi connectivity index (χ2n) is 3.74. The monoisotopic (exact) mass is 301 g/mol. The predicted molar refractivity (Wildman–Crippen MR) is 69.2 cm³/mol. The van der Waals surface area contributed by atoms with Crippen molar-refractivity contribution in [3.8, 4) is 0 Å². The molecule has 0 aliphatic heterocycles. The van der Waals surface area contributed by atoms with Gasteiger partial charge in [0.05, 0.1) is 11.4 Å². The third kappa shape index (κ3) is 3.52. The summed E-state index contributed by atoms with van der Waals surface area (Å²) in [6.45, 7) is 1.85. The van der Waals surface area contributed by atoms with Crippen LogP contribution in [0, 0.1) is 0 Å². The molecular weight excluding hydrogens is 290 g/mol. The van der Waals surface area contributed by atoms with Gasteiger partial charge in [-0.05, 0) is 24.3 Å². The Hall–Kier alpha value is -1.44. The Morgan fingerprint density at radius 2 is 2.00 bits per heavy atom. The first-order chi connectivity index (χ1) is 9.01. The lowest BCUT2D eigenvalue weighted by atomic mass is 10.4. The summed E-state index contributed by atoms with van der Waals surface area (Å²) in [5.41, 5.74) is 0. The molecule has 0 bridgehead atoms. The highest BCUT2D eigenvalue weighted by atomic mass is 35.5. The molecule has 0 fully saturated rings. The van der Waals surface area contributed by atoms with Crippen molar-refractivity contribution in [3.05, 3.63) is 41.0 Å². The molecule has 0 unspecified atom stereocenters. The molecule has 1 N–H and O–H groups in total. The van der Waals surface area contributed by atoms with Crippen LogP contribution in [0.15, 0.2) is 33.7 Å². The van der Waals surface area contributed by atoms with E-state index in [9.17, 15) is 8.42 Å². The van der Waals surface area contributed by atoms with Gasteiger partial charge < -0.3 is 4.52 Å². The minimum Gasteiger partial charge on any atom is -0.339 e. The average Bonchev–Trinajstić information content (AvgIpc) is 2.85. The van der Waals surface area contributed by atoms with Gasteiger partial charge >= 0.3 is 0 Å². The lowest BCUT2D eigenvalue weighted by Gasteiger charge is -2.04. The fourth-order valence-electron chi connectivity index (χ4n) is 1.36. The number of sulfonamides is 1. The Bertz CT molecular complexity index is 652. The second kappa shape index (κ2) is 5.68. The minimum absolute atomic E-state index is 0.0194. The molecule has 0 saturated heterocycles. The number of hydrogen-bond donors (Lipinski definition) is 1. The zero-order chi connectivity index (χ0) is 13.9. The molecule has 2 rings (SSSR count). The second-order valence-corrected chi connectivity index (χ2v) is 5.94. The summed E-state index contributed by atoms with van der Waals surface area (Å²) in [4.78, 5) is 4.15. The first-order valence-corrected chi connectivity index (χ1v) is 7.44. The number of hydrogen-bond acceptors (Lipinski definition) is 5. The van der Waals surface area contributed by atoms with E-state index in [0.717, 1.165) is 0 Å². The quantitative estimate of drug-likeness (QED) is 0.909. The van der Waals surface area contributed by atoms with Crippen LogP contribution in [0.3, 0.4) is 0 Å². The van der Waals surface area contributed by atoms with Crippen LogP contribution in [0.4, 0.5) is 0 Å². The highest BCUT2D eigenvalue weighted by Gasteiger charge is 2.15. The molecule has 0 radical (unpaired) electrons. The Morgan fingerprint density at radius 3 is 2.58 bits per heavy atom. The van der Waals surface area contributed by atoms with Crippen LogP contribution in [0.5, 0.6) is 0 Å². The van der Waals surface area contributed by atoms with Gasteiger partial charge in [-0.1, -0.05) is 23.7 Å². The van der Waals surface area contributed by atoms with E-state index in [4.69, 9.17) is 16.1 Å². The maximum absolute atomic E-state index is 12.0. The summed E-state index contributed by atoms with van der Waals surface area (Å²) in [5, 5.41) is 4.14. The van der Waals surface area contributed by atoms with Gasteiger partial charge in [0.25, 0.3) is 0 Å². The van der Waals surface area contributed by atoms with Crippen molar-refractivity contribution in [2.24, 2.45) is 0 Å². The number of halogens is 1. The smallest absolute Gasteiger partial charge is 0.240 e. The number of nitrogens with zero attached hydrogens (tertiary/aromatic N) is 2. The van der Waals surface area contributed by atoms with Crippen molar-refractivity contribution in [1.82, 2.24) is 14.9 Å². The lowest BCUT2D eigenvalue weighted by Crippen LogP contribution is -2.23. The fourth-order valence-corrected chi connectivity index (χ4v) is 2.47. The molecule has 0 aliphatic rings. The molecule has 0 aliphatic carbocycles. The zero-order valence-electron chi connectivity index (χ0n) is 10.1. The van der Waals surface area contributed by atoms with Crippen molar-refractivity contribution in [1.29, 1.82) is 0 Å². The SMILES string of the molecule is CCc1nc(CNS(=O)(=O)c2ccc(Cl)cc2)no1. The maximum Gasteiger partial charge on any atom is 0.240 e. The van der Waals surface area contributed by atoms with E-state index in [1.165, 1.54) is 24.3 Å². The van der Waals surface area contributed by atoms with Crippen molar-refractivity contribution < 1.29 is 12.9 Å². The number of aromatic nitrogens is 2. The third-order valence-electron chi connectivity index (χ3n) is 2.36. The van der Waals surface area contributed by atoms with Gasteiger partial charge in [-0.3, -0.25) is 0 Å². The first kappa shape index (κ1) is 14.0. The summed E-state index contributed by atoms with van der Waals surface area (Å²) in [6, 6.07) is 5.88. The third-order valence-corrected chi connectivity index (χ3v) is 4.03. The van der Waals surface area contributed by atoms with Gasteiger partial charge in [0.15, 0.2) is 5.82 Å². The topological polar surface area (TPSA) is 85.1 Å². The van der Waals surface area contributed by atoms with E-state index in [1.54, 1.807) is 0 Å². The molecule has 1 aromatic heterocycles. The highest BCUT2D eigenvalue weighted by Crippen LogP contribution is 2.14. The number of rotatable bonds is 5. The summed E-state index contributed by atoms with van der Waals surface area (Å²) >= 11 is 5.71. The molecule has 0 atom stereocenters. The average molecular weight is 302 g/mol. The Morgan fingerprint density at radius 1 is 1.32 bits per heavy atom. The molecule has 1 heterocycles. The van der Waals surface area contributed by atoms with Crippen LogP contribution in [0.25, 0.3) is 0 Å². The molecule has 8 heteroatoms. The molecule has 2 aromatic rings. The minimum atomic E-state index is -3.60. The Kier molecular flexibility index (Phi) is 4.18. The first-order valence-electron chi connectivity index (χ1n) is 5.58. The van der Waals surface area contributed by atoms with Gasteiger partial charge in [-0.15, -0.1) is 0 Å². The van der Waals surface area contributed by atoms with Gasteiger partial charge in [0, 0.05) is 11.4 Å². The van der Waals surface area contributed by atoms with E-state index < -0.39 is 10.0 Å². The van der Waals surface area contributed by atoms with Crippen LogP contribution < -0.4 is 4.72 Å². The van der Waals surface area contributed by atoms with Crippen molar-refractivity contribution >= 4 is 21.6 Å². The van der Waals surface area contributed by atoms with Gasteiger partial charge in [0.2, 0.25) is 15.9 Å². The normalized spacial score (nSPS) is 11.7. The van der Waals surface area contributed by atoms with Gasteiger partial charge in [-0.2, -0.15) is 4.98 Å². The van der Waals surface area contributed by atoms with Gasteiger partial charge in [-0.25, -0.2) is 13.1 Å². The molecular formula is C11H12ClN3O3S. The van der Waals surface area contributed by atoms with Crippen LogP contribution in [0.1, 0.15) is 18.6 Å². The molecule has 102 valence electrons. The molecule has 6 nitrogen and oxygen atoms in total. The summed E-state index contributed by atoms with van der Waals surface area (Å²) in [7, 11) is -3.60. The van der Waals surface area contributed by atoms with Gasteiger partial charge in [0.1, 0.15) is 0 Å². The number of benzene rings is 1. The Labute approximate surface area is 115 Å². The fraction of sp³-hybridized carbons (Fsp3) is 0.273. The Balaban J connectivity index is 2.07. The van der Waals surface area contributed by atoms with E-state index in [0.29, 0.717) is 23.2 Å². The number of aryl methyl sites for hydroxylation is 1. The predicted octanol–water partition coefficient (Wildman–Crippen LogP) is 1.76. The molecule has 0 amide bonds. The zero-order valence-corrected chi connectivity index (χ0v) is 11.7. The lowest BCUT2D eigenvalue weighted by molar-refractivity contribution is 0.376. The van der Waals surface area contributed by atoms with Crippen LogP contribution >= 0.6 is 11.6 Å². The summed E-state index contributed by atoms with van der Waals surface area (Å²) in [5.74, 6) is 0.773. The number of nitrogens with one attached hydrogen (secondary N) is 1. The summed E-state index contributed by atoms with van der Waals surface area (Å²) in [6.07, 6.45) is 0.608. The largest absolute Gasteiger partial charge is 0.339 e. The molecule has 0 saturated carbocycles. The standard InChI is InChI=1S/C11H12ClN3O3S/c1-2-11-14-10(15-18-11)7-13-19(16,17)9-5-3-8(12)4-6-9/h3-6,13H,2,7H2,1H3. The van der Waals surface area contributed by atoms with Crippen LogP contribution in [0.2, 0.25) is 5.02 Å². The van der Waals surface area contributed by atoms with Crippen molar-refractivity contribution in [3.63, 3.8) is 0 Å². The maximum atomic E-state index is 12.0.